The van der Waals surface area contributed by atoms with E-state index in [1.54, 1.807) is 0 Å². The molecule has 5 unspecified atom stereocenters. The molecule has 180 valence electrons. The highest BCUT2D eigenvalue weighted by molar-refractivity contribution is 7.80. The molecule has 0 aromatic carbocycles. The number of aliphatic hydroxyl groups excluding tert-OH is 1. The molecular formula is C19H37N5O6S. The average Bonchev–Trinajstić information content (AvgIpc) is 2.67. The largest absolute Gasteiger partial charge is 0.480 e. The summed E-state index contributed by atoms with van der Waals surface area (Å²) in [4.78, 5) is 48.7. The molecule has 0 aromatic heterocycles. The zero-order chi connectivity index (χ0) is 24.1. The van der Waals surface area contributed by atoms with Gasteiger partial charge < -0.3 is 37.6 Å². The molecule has 11 nitrogen and oxygen atoms in total. The first-order valence-corrected chi connectivity index (χ1v) is 11.0. The predicted molar refractivity (Wildman–Crippen MR) is 119 cm³/mol. The van der Waals surface area contributed by atoms with Gasteiger partial charge in [-0.3, -0.25) is 14.4 Å². The lowest BCUT2D eigenvalue weighted by Crippen LogP contribution is -2.60. The minimum absolute atomic E-state index is 0.125. The topological polar surface area (TPSA) is 197 Å². The minimum atomic E-state index is -1.35. The lowest BCUT2D eigenvalue weighted by molar-refractivity contribution is -0.142. The van der Waals surface area contributed by atoms with Crippen LogP contribution in [0.3, 0.4) is 0 Å². The first kappa shape index (κ1) is 29.1. The van der Waals surface area contributed by atoms with Crippen LogP contribution < -0.4 is 27.4 Å². The number of aliphatic carboxylic acids is 1. The summed E-state index contributed by atoms with van der Waals surface area (Å²) in [5, 5.41) is 26.4. The Balaban J connectivity index is 5.09. The molecule has 31 heavy (non-hydrogen) atoms. The van der Waals surface area contributed by atoms with E-state index in [-0.39, 0.29) is 18.1 Å². The number of nitrogens with one attached hydrogen (secondary N) is 3. The molecule has 5 atom stereocenters. The van der Waals surface area contributed by atoms with Crippen molar-refractivity contribution in [3.63, 3.8) is 0 Å². The minimum Gasteiger partial charge on any atom is -0.480 e. The number of carbonyl (C=O) groups excluding carboxylic acids is 3. The van der Waals surface area contributed by atoms with E-state index in [0.717, 1.165) is 0 Å². The fourth-order valence-corrected chi connectivity index (χ4v) is 3.02. The summed E-state index contributed by atoms with van der Waals surface area (Å²) in [6, 6.07) is -4.52. The fraction of sp³-hybridized carbons (Fsp3) is 0.789. The van der Waals surface area contributed by atoms with Crippen molar-refractivity contribution < 1.29 is 29.4 Å². The van der Waals surface area contributed by atoms with E-state index in [1.807, 2.05) is 13.8 Å². The number of carboxylic acids is 1. The van der Waals surface area contributed by atoms with Crippen molar-refractivity contribution in [1.82, 2.24) is 16.0 Å². The summed E-state index contributed by atoms with van der Waals surface area (Å²) >= 11 is 4.04. The van der Waals surface area contributed by atoms with Gasteiger partial charge in [0.1, 0.15) is 18.1 Å². The lowest BCUT2D eigenvalue weighted by Gasteiger charge is -2.26. The van der Waals surface area contributed by atoms with Crippen molar-refractivity contribution in [2.24, 2.45) is 17.4 Å². The van der Waals surface area contributed by atoms with E-state index in [1.165, 1.54) is 6.92 Å². The average molecular weight is 464 g/mol. The Hall–Kier alpha value is -1.89. The third-order valence-electron chi connectivity index (χ3n) is 4.50. The number of rotatable bonds is 15. The molecule has 0 fully saturated rings. The lowest BCUT2D eigenvalue weighted by atomic mass is 10.0. The molecule has 3 amide bonds. The van der Waals surface area contributed by atoms with Gasteiger partial charge >= 0.3 is 5.97 Å². The van der Waals surface area contributed by atoms with Crippen molar-refractivity contribution >= 4 is 36.3 Å². The van der Waals surface area contributed by atoms with Gasteiger partial charge in [-0.25, -0.2) is 4.79 Å². The highest BCUT2D eigenvalue weighted by atomic mass is 32.1. The van der Waals surface area contributed by atoms with Crippen LogP contribution in [0.1, 0.15) is 46.5 Å². The monoisotopic (exact) mass is 463 g/mol. The van der Waals surface area contributed by atoms with Crippen LogP contribution in [0.5, 0.6) is 0 Å². The van der Waals surface area contributed by atoms with E-state index in [9.17, 15) is 29.4 Å². The van der Waals surface area contributed by atoms with Crippen LogP contribution in [0.15, 0.2) is 0 Å². The molecule has 0 saturated heterocycles. The molecule has 0 heterocycles. The fourth-order valence-electron chi connectivity index (χ4n) is 2.76. The number of nitrogens with two attached hydrogens (primary N) is 2. The van der Waals surface area contributed by atoms with Crippen molar-refractivity contribution in [1.29, 1.82) is 0 Å². The number of hydrogen-bond donors (Lipinski definition) is 8. The standard InChI is InChI=1S/C19H37N5O6S/c1-10(2)8-12(21)16(26)24-15(11(3)25)18(28)23-14(9-31)17(27)22-13(19(29)30)6-4-5-7-20/h10-15,25,31H,4-9,20-21H2,1-3H3,(H,22,27)(H,23,28)(H,24,26)(H,29,30). The van der Waals surface area contributed by atoms with E-state index >= 15 is 0 Å². The Kier molecular flexibility index (Phi) is 14.1. The number of carbonyl (C=O) groups is 4. The molecule has 0 aliphatic carbocycles. The van der Waals surface area contributed by atoms with E-state index in [4.69, 9.17) is 11.5 Å². The Morgan fingerprint density at radius 2 is 1.52 bits per heavy atom. The number of carboxylic acid groups (broad SMARTS) is 1. The molecule has 0 saturated carbocycles. The van der Waals surface area contributed by atoms with Gasteiger partial charge in [-0.15, -0.1) is 0 Å². The van der Waals surface area contributed by atoms with Crippen molar-refractivity contribution in [2.75, 3.05) is 12.3 Å². The third kappa shape index (κ3) is 11.3. The van der Waals surface area contributed by atoms with Gasteiger partial charge in [0, 0.05) is 5.75 Å². The van der Waals surface area contributed by atoms with E-state index < -0.39 is 54.0 Å². The number of thiol groups is 1. The Morgan fingerprint density at radius 1 is 0.935 bits per heavy atom. The van der Waals surface area contributed by atoms with Crippen LogP contribution in [0, 0.1) is 5.92 Å². The van der Waals surface area contributed by atoms with Crippen LogP contribution >= 0.6 is 12.6 Å². The molecular weight excluding hydrogens is 426 g/mol. The van der Waals surface area contributed by atoms with Crippen molar-refractivity contribution in [3.8, 4) is 0 Å². The normalized spacial score (nSPS) is 16.0. The van der Waals surface area contributed by atoms with Gasteiger partial charge in [0.15, 0.2) is 0 Å². The third-order valence-corrected chi connectivity index (χ3v) is 4.87. The van der Waals surface area contributed by atoms with Gasteiger partial charge in [0.25, 0.3) is 0 Å². The van der Waals surface area contributed by atoms with Gasteiger partial charge in [-0.1, -0.05) is 13.8 Å². The first-order chi connectivity index (χ1) is 14.4. The number of aliphatic hydroxyl groups is 1. The van der Waals surface area contributed by atoms with Crippen LogP contribution in [-0.2, 0) is 19.2 Å². The van der Waals surface area contributed by atoms with Crippen LogP contribution in [-0.4, -0.2) is 76.5 Å². The molecule has 0 aliphatic rings. The van der Waals surface area contributed by atoms with Crippen molar-refractivity contribution in [2.45, 2.75) is 76.7 Å². The predicted octanol–water partition coefficient (Wildman–Crippen LogP) is -1.66. The SMILES string of the molecule is CC(C)CC(N)C(=O)NC(C(=O)NC(CS)C(=O)NC(CCCCN)C(=O)O)C(C)O. The maximum absolute atomic E-state index is 12.6. The molecule has 9 N–H and O–H groups in total. The molecule has 0 bridgehead atoms. The summed E-state index contributed by atoms with van der Waals surface area (Å²) in [6.45, 7) is 5.50. The highest BCUT2D eigenvalue weighted by Gasteiger charge is 2.32. The maximum Gasteiger partial charge on any atom is 0.326 e. The van der Waals surface area contributed by atoms with Crippen LogP contribution in [0.2, 0.25) is 0 Å². The van der Waals surface area contributed by atoms with E-state index in [0.29, 0.717) is 25.8 Å². The summed E-state index contributed by atoms with van der Waals surface area (Å²) in [6.07, 6.45) is 0.440. The molecule has 0 rings (SSSR count). The Morgan fingerprint density at radius 3 is 1.97 bits per heavy atom. The molecule has 0 radical (unpaired) electrons. The quantitative estimate of drug-likeness (QED) is 0.104. The Labute approximate surface area is 188 Å². The zero-order valence-corrected chi connectivity index (χ0v) is 19.2. The summed E-state index contributed by atoms with van der Waals surface area (Å²) in [7, 11) is 0. The first-order valence-electron chi connectivity index (χ1n) is 10.3. The van der Waals surface area contributed by atoms with Gasteiger partial charge in [0.2, 0.25) is 17.7 Å². The summed E-state index contributed by atoms with van der Waals surface area (Å²) in [5.41, 5.74) is 11.2. The molecule has 0 aliphatic heterocycles. The van der Waals surface area contributed by atoms with Crippen LogP contribution in [0.4, 0.5) is 0 Å². The summed E-state index contributed by atoms with van der Waals surface area (Å²) < 4.78 is 0. The van der Waals surface area contributed by atoms with E-state index in [2.05, 4.69) is 28.6 Å². The van der Waals surface area contributed by atoms with Gasteiger partial charge in [-0.2, -0.15) is 12.6 Å². The Bertz CT molecular complexity index is 604. The number of amides is 3. The van der Waals surface area contributed by atoms with Crippen molar-refractivity contribution in [3.05, 3.63) is 0 Å². The smallest absolute Gasteiger partial charge is 0.326 e. The second kappa shape index (κ2) is 15.0. The van der Waals surface area contributed by atoms with Crippen LogP contribution in [0.25, 0.3) is 0 Å². The molecule has 12 heteroatoms. The van der Waals surface area contributed by atoms with Gasteiger partial charge in [0.05, 0.1) is 12.1 Å². The molecule has 0 aromatic rings. The summed E-state index contributed by atoms with van der Waals surface area (Å²) in [5.74, 6) is -3.33. The zero-order valence-electron chi connectivity index (χ0n) is 18.3. The number of unbranched alkanes of at least 4 members (excludes halogenated alkanes) is 1. The second-order valence-electron chi connectivity index (χ2n) is 7.89. The van der Waals surface area contributed by atoms with Gasteiger partial charge in [-0.05, 0) is 45.1 Å². The highest BCUT2D eigenvalue weighted by Crippen LogP contribution is 2.05. The second-order valence-corrected chi connectivity index (χ2v) is 8.26. The number of hydrogen-bond acceptors (Lipinski definition) is 8. The molecule has 0 spiro atoms. The maximum atomic E-state index is 12.6.